The summed E-state index contributed by atoms with van der Waals surface area (Å²) in [6.45, 7) is 0. The molecule has 3 heteroatoms. The number of carbonyl (C=O) groups is 1. The summed E-state index contributed by atoms with van der Waals surface area (Å²) in [4.78, 5) is 12.6. The predicted octanol–water partition coefficient (Wildman–Crippen LogP) is 4.32. The fourth-order valence-corrected chi connectivity index (χ4v) is 2.77. The minimum Gasteiger partial charge on any atom is -0.508 e. The number of phenolic OH excluding ortho intramolecular Hbond substituents is 2. The lowest BCUT2D eigenvalue weighted by molar-refractivity contribution is -0.112. The second kappa shape index (κ2) is 6.53. The van der Waals surface area contributed by atoms with Gasteiger partial charge in [-0.25, -0.2) is 0 Å². The van der Waals surface area contributed by atoms with Crippen molar-refractivity contribution in [3.05, 3.63) is 70.8 Å². The summed E-state index contributed by atoms with van der Waals surface area (Å²) in [5, 5.41) is 18.9. The maximum atomic E-state index is 12.6. The first-order valence-corrected chi connectivity index (χ1v) is 7.66. The van der Waals surface area contributed by atoms with E-state index in [2.05, 4.69) is 0 Å². The van der Waals surface area contributed by atoms with Crippen molar-refractivity contribution >= 4 is 17.9 Å². The normalized spacial score (nSPS) is 18.5. The van der Waals surface area contributed by atoms with E-state index in [1.807, 2.05) is 18.2 Å². The summed E-state index contributed by atoms with van der Waals surface area (Å²) >= 11 is 0. The molecule has 0 radical (unpaired) electrons. The van der Waals surface area contributed by atoms with Crippen LogP contribution in [0.25, 0.3) is 12.2 Å². The zero-order chi connectivity index (χ0) is 16.2. The molecule has 0 bridgehead atoms. The first-order chi connectivity index (χ1) is 11.1. The molecule has 0 aromatic heterocycles. The number of Topliss-reactive ketones (excluding diaryl/α,β-unsaturated/α-hetero) is 1. The van der Waals surface area contributed by atoms with Gasteiger partial charge in [-0.1, -0.05) is 24.3 Å². The van der Waals surface area contributed by atoms with Gasteiger partial charge in [0, 0.05) is 11.1 Å². The van der Waals surface area contributed by atoms with Crippen LogP contribution in [0.15, 0.2) is 59.7 Å². The van der Waals surface area contributed by atoms with Gasteiger partial charge < -0.3 is 10.2 Å². The first-order valence-electron chi connectivity index (χ1n) is 7.66. The molecule has 1 aliphatic rings. The highest BCUT2D eigenvalue weighted by Crippen LogP contribution is 2.28. The van der Waals surface area contributed by atoms with Crippen LogP contribution in [-0.4, -0.2) is 16.0 Å². The van der Waals surface area contributed by atoms with E-state index in [1.54, 1.807) is 42.5 Å². The van der Waals surface area contributed by atoms with Gasteiger partial charge in [-0.05, 0) is 66.8 Å². The number of benzene rings is 2. The Morgan fingerprint density at radius 2 is 1.43 bits per heavy atom. The van der Waals surface area contributed by atoms with E-state index in [4.69, 9.17) is 0 Å². The molecule has 0 aliphatic heterocycles. The molecular weight excluding hydrogens is 288 g/mol. The number of aromatic hydroxyl groups is 2. The molecule has 2 aromatic carbocycles. The summed E-state index contributed by atoms with van der Waals surface area (Å²) in [5.74, 6) is 0.474. The van der Waals surface area contributed by atoms with E-state index in [1.165, 1.54) is 0 Å². The van der Waals surface area contributed by atoms with Crippen molar-refractivity contribution in [2.24, 2.45) is 0 Å². The lowest BCUT2D eigenvalue weighted by Crippen LogP contribution is -2.12. The SMILES string of the molecule is O=C1C(=Cc2ccc(O)cc2)CCCC1=Cc1cccc(O)c1. The van der Waals surface area contributed by atoms with Gasteiger partial charge in [0.05, 0.1) is 0 Å². The maximum absolute atomic E-state index is 12.6. The monoisotopic (exact) mass is 306 g/mol. The number of carbonyl (C=O) groups excluding carboxylic acids is 1. The van der Waals surface area contributed by atoms with Gasteiger partial charge in [0.25, 0.3) is 0 Å². The molecule has 0 saturated heterocycles. The Labute approximate surface area is 135 Å². The molecule has 1 saturated carbocycles. The van der Waals surface area contributed by atoms with Crippen LogP contribution in [0.2, 0.25) is 0 Å². The average molecular weight is 306 g/mol. The zero-order valence-electron chi connectivity index (χ0n) is 12.7. The predicted molar refractivity (Wildman–Crippen MR) is 91.0 cm³/mol. The van der Waals surface area contributed by atoms with Gasteiger partial charge in [0.15, 0.2) is 5.78 Å². The van der Waals surface area contributed by atoms with Gasteiger partial charge in [-0.15, -0.1) is 0 Å². The van der Waals surface area contributed by atoms with E-state index >= 15 is 0 Å². The van der Waals surface area contributed by atoms with Crippen LogP contribution in [0, 0.1) is 0 Å². The molecule has 0 amide bonds. The van der Waals surface area contributed by atoms with Gasteiger partial charge in [0.2, 0.25) is 0 Å². The second-order valence-corrected chi connectivity index (χ2v) is 5.71. The lowest BCUT2D eigenvalue weighted by atomic mass is 9.87. The van der Waals surface area contributed by atoms with Crippen molar-refractivity contribution in [2.45, 2.75) is 19.3 Å². The van der Waals surface area contributed by atoms with E-state index in [9.17, 15) is 15.0 Å². The van der Waals surface area contributed by atoms with E-state index in [0.717, 1.165) is 41.5 Å². The minimum atomic E-state index is 0.0627. The molecule has 1 aliphatic carbocycles. The third kappa shape index (κ3) is 3.69. The highest BCUT2D eigenvalue weighted by molar-refractivity contribution is 6.13. The molecule has 3 nitrogen and oxygen atoms in total. The Hall–Kier alpha value is -2.81. The number of hydrogen-bond donors (Lipinski definition) is 2. The van der Waals surface area contributed by atoms with Crippen molar-refractivity contribution < 1.29 is 15.0 Å². The van der Waals surface area contributed by atoms with Gasteiger partial charge in [-0.2, -0.15) is 0 Å². The quantitative estimate of drug-likeness (QED) is 0.812. The van der Waals surface area contributed by atoms with Crippen LogP contribution in [-0.2, 0) is 4.79 Å². The molecule has 0 heterocycles. The Bertz CT molecular complexity index is 783. The molecule has 23 heavy (non-hydrogen) atoms. The fraction of sp³-hybridized carbons (Fsp3) is 0.150. The van der Waals surface area contributed by atoms with Gasteiger partial charge >= 0.3 is 0 Å². The number of rotatable bonds is 2. The Morgan fingerprint density at radius 1 is 0.783 bits per heavy atom. The lowest BCUT2D eigenvalue weighted by Gasteiger charge is -2.16. The molecule has 116 valence electrons. The Balaban J connectivity index is 1.87. The third-order valence-electron chi connectivity index (χ3n) is 3.92. The summed E-state index contributed by atoms with van der Waals surface area (Å²) in [5.41, 5.74) is 3.30. The van der Waals surface area contributed by atoms with Crippen LogP contribution in [0.5, 0.6) is 11.5 Å². The van der Waals surface area contributed by atoms with Crippen LogP contribution in [0.4, 0.5) is 0 Å². The molecule has 0 unspecified atom stereocenters. The largest absolute Gasteiger partial charge is 0.508 e. The highest BCUT2D eigenvalue weighted by atomic mass is 16.3. The molecule has 3 rings (SSSR count). The van der Waals surface area contributed by atoms with Crippen LogP contribution in [0.1, 0.15) is 30.4 Å². The van der Waals surface area contributed by atoms with Crippen LogP contribution < -0.4 is 0 Å². The molecule has 2 aromatic rings. The van der Waals surface area contributed by atoms with Crippen LogP contribution in [0.3, 0.4) is 0 Å². The van der Waals surface area contributed by atoms with Crippen molar-refractivity contribution in [1.82, 2.24) is 0 Å². The molecule has 1 fully saturated rings. The number of phenols is 2. The van der Waals surface area contributed by atoms with Crippen molar-refractivity contribution in [3.8, 4) is 11.5 Å². The first kappa shape index (κ1) is 15.1. The molecule has 0 spiro atoms. The zero-order valence-corrected chi connectivity index (χ0v) is 12.7. The third-order valence-corrected chi connectivity index (χ3v) is 3.92. The van der Waals surface area contributed by atoms with Gasteiger partial charge in [0.1, 0.15) is 11.5 Å². The van der Waals surface area contributed by atoms with Gasteiger partial charge in [-0.3, -0.25) is 4.79 Å². The smallest absolute Gasteiger partial charge is 0.185 e. The second-order valence-electron chi connectivity index (χ2n) is 5.71. The minimum absolute atomic E-state index is 0.0627. The van der Waals surface area contributed by atoms with Crippen molar-refractivity contribution in [2.75, 3.05) is 0 Å². The molecule has 0 atom stereocenters. The Kier molecular flexibility index (Phi) is 4.29. The van der Waals surface area contributed by atoms with Crippen molar-refractivity contribution in [3.63, 3.8) is 0 Å². The fourth-order valence-electron chi connectivity index (χ4n) is 2.77. The summed E-state index contributed by atoms with van der Waals surface area (Å²) in [7, 11) is 0. The maximum Gasteiger partial charge on any atom is 0.185 e. The summed E-state index contributed by atoms with van der Waals surface area (Å²) in [6.07, 6.45) is 6.18. The average Bonchev–Trinajstić information content (AvgIpc) is 2.53. The van der Waals surface area contributed by atoms with E-state index in [-0.39, 0.29) is 17.3 Å². The molecule has 2 N–H and O–H groups in total. The molecular formula is C20H18O3. The standard InChI is InChI=1S/C20H18O3/c21-18-9-7-14(8-10-18)11-16-4-2-5-17(20(16)23)12-15-3-1-6-19(22)13-15/h1,3,6-13,21-22H,2,4-5H2. The number of hydrogen-bond acceptors (Lipinski definition) is 3. The van der Waals surface area contributed by atoms with E-state index < -0.39 is 0 Å². The summed E-state index contributed by atoms with van der Waals surface area (Å²) < 4.78 is 0. The summed E-state index contributed by atoms with van der Waals surface area (Å²) in [6, 6.07) is 13.7. The topological polar surface area (TPSA) is 57.5 Å². The van der Waals surface area contributed by atoms with E-state index in [0.29, 0.717) is 0 Å². The number of allylic oxidation sites excluding steroid dienone is 2. The number of ketones is 1. The van der Waals surface area contributed by atoms with Crippen molar-refractivity contribution in [1.29, 1.82) is 0 Å². The van der Waals surface area contributed by atoms with Crippen LogP contribution >= 0.6 is 0 Å². The Morgan fingerprint density at radius 3 is 2.09 bits per heavy atom. The highest BCUT2D eigenvalue weighted by Gasteiger charge is 2.20.